The molecule has 0 aliphatic heterocycles. The van der Waals surface area contributed by atoms with E-state index in [0.717, 1.165) is 25.0 Å². The number of hydrogen-bond acceptors (Lipinski definition) is 8. The average molecular weight is 351 g/mol. The van der Waals surface area contributed by atoms with Crippen LogP contribution < -0.4 is 5.32 Å². The normalized spacial score (nSPS) is 10.8. The fourth-order valence-corrected chi connectivity index (χ4v) is 4.23. The molecule has 0 aromatic carbocycles. The van der Waals surface area contributed by atoms with Crippen LogP contribution in [0.5, 0.6) is 0 Å². The molecule has 0 saturated heterocycles. The number of aryl methyl sites for hydroxylation is 1. The molecule has 0 atom stereocenters. The summed E-state index contributed by atoms with van der Waals surface area (Å²) >= 11 is 4.38. The van der Waals surface area contributed by atoms with Gasteiger partial charge in [-0.2, -0.15) is 0 Å². The number of anilines is 1. The van der Waals surface area contributed by atoms with Crippen LogP contribution in [0.2, 0.25) is 0 Å². The number of hydrogen-bond donors (Lipinski definition) is 1. The van der Waals surface area contributed by atoms with Crippen LogP contribution in [0.1, 0.15) is 20.3 Å². The number of aromatic nitrogens is 2. The van der Waals surface area contributed by atoms with Gasteiger partial charge in [0.2, 0.25) is 5.13 Å². The van der Waals surface area contributed by atoms with E-state index in [2.05, 4.69) is 15.5 Å². The van der Waals surface area contributed by atoms with Crippen LogP contribution in [0.3, 0.4) is 0 Å². The first-order chi connectivity index (χ1) is 10.7. The predicted molar refractivity (Wildman–Crippen MR) is 90.1 cm³/mol. The van der Waals surface area contributed by atoms with E-state index < -0.39 is 0 Å². The number of thiophene rings is 1. The van der Waals surface area contributed by atoms with Crippen molar-refractivity contribution in [3.05, 3.63) is 46.0 Å². The Morgan fingerprint density at radius 2 is 2.23 bits per heavy atom. The van der Waals surface area contributed by atoms with E-state index in [9.17, 15) is 4.79 Å². The highest BCUT2D eigenvalue weighted by atomic mass is 32.2. The van der Waals surface area contributed by atoms with Gasteiger partial charge in [-0.05, 0) is 31.2 Å². The first-order valence-electron chi connectivity index (χ1n) is 6.53. The molecule has 0 amide bonds. The number of ketones is 1. The molecule has 3 aromatic rings. The lowest BCUT2D eigenvalue weighted by Crippen LogP contribution is -1.98. The van der Waals surface area contributed by atoms with Gasteiger partial charge in [0.05, 0.1) is 23.4 Å². The van der Waals surface area contributed by atoms with E-state index in [-0.39, 0.29) is 5.78 Å². The van der Waals surface area contributed by atoms with Gasteiger partial charge in [0.25, 0.3) is 0 Å². The van der Waals surface area contributed by atoms with Crippen molar-refractivity contribution in [2.24, 2.45) is 0 Å². The third-order valence-corrected chi connectivity index (χ3v) is 5.80. The molecule has 0 aliphatic carbocycles. The summed E-state index contributed by atoms with van der Waals surface area (Å²) in [7, 11) is 0. The van der Waals surface area contributed by atoms with Gasteiger partial charge in [-0.1, -0.05) is 23.1 Å². The maximum Gasteiger partial charge on any atom is 0.206 e. The number of carbonyl (C=O) groups excluding carboxylic acids is 1. The maximum atomic E-state index is 12.0. The zero-order valence-corrected chi connectivity index (χ0v) is 14.2. The average Bonchev–Trinajstić information content (AvgIpc) is 3.24. The second-order valence-electron chi connectivity index (χ2n) is 4.43. The molecule has 0 radical (unpaired) electrons. The molecule has 114 valence electrons. The second-order valence-corrected chi connectivity index (χ2v) is 7.92. The molecule has 0 fully saturated rings. The summed E-state index contributed by atoms with van der Waals surface area (Å²) in [5.74, 6) is 1.35. The Balaban J connectivity index is 1.50. The summed E-state index contributed by atoms with van der Waals surface area (Å²) < 4.78 is 6.02. The molecule has 22 heavy (non-hydrogen) atoms. The molecule has 0 aliphatic rings. The molecule has 1 N–H and O–H groups in total. The fourth-order valence-electron chi connectivity index (χ4n) is 1.70. The molecule has 8 heteroatoms. The smallest absolute Gasteiger partial charge is 0.206 e. The van der Waals surface area contributed by atoms with Crippen LogP contribution in [0.25, 0.3) is 0 Å². The molecular weight excluding hydrogens is 338 g/mol. The first-order valence-corrected chi connectivity index (χ1v) is 9.15. The zero-order valence-electron chi connectivity index (χ0n) is 11.7. The second kappa shape index (κ2) is 7.08. The van der Waals surface area contributed by atoms with Crippen molar-refractivity contribution in [2.45, 2.75) is 17.8 Å². The van der Waals surface area contributed by atoms with E-state index >= 15 is 0 Å². The number of nitrogens with one attached hydrogen (secondary N) is 1. The van der Waals surface area contributed by atoms with Crippen LogP contribution in [-0.2, 0) is 6.54 Å². The molecule has 3 aromatic heterocycles. The molecule has 3 heterocycles. The van der Waals surface area contributed by atoms with E-state index in [1.807, 2.05) is 31.2 Å². The van der Waals surface area contributed by atoms with E-state index in [1.54, 1.807) is 6.26 Å². The van der Waals surface area contributed by atoms with Crippen LogP contribution in [-0.4, -0.2) is 21.7 Å². The highest BCUT2D eigenvalue weighted by molar-refractivity contribution is 8.01. The van der Waals surface area contributed by atoms with Crippen LogP contribution in [0, 0.1) is 6.92 Å². The first kappa shape index (κ1) is 15.3. The summed E-state index contributed by atoms with van der Waals surface area (Å²) in [6.07, 6.45) is 1.64. The van der Waals surface area contributed by atoms with Crippen molar-refractivity contribution >= 4 is 45.4 Å². The lowest BCUT2D eigenvalue weighted by molar-refractivity contribution is 0.102. The number of rotatable bonds is 7. The van der Waals surface area contributed by atoms with E-state index in [0.29, 0.717) is 12.3 Å². The maximum absolute atomic E-state index is 12.0. The Morgan fingerprint density at radius 1 is 1.32 bits per heavy atom. The van der Waals surface area contributed by atoms with Gasteiger partial charge in [0.15, 0.2) is 10.1 Å². The Kier molecular flexibility index (Phi) is 4.91. The van der Waals surface area contributed by atoms with E-state index in [4.69, 9.17) is 4.42 Å². The van der Waals surface area contributed by atoms with Gasteiger partial charge in [-0.3, -0.25) is 4.79 Å². The van der Waals surface area contributed by atoms with Crippen molar-refractivity contribution < 1.29 is 9.21 Å². The summed E-state index contributed by atoms with van der Waals surface area (Å²) in [5.41, 5.74) is 0. The molecule has 0 saturated carbocycles. The Hall–Kier alpha value is -1.64. The summed E-state index contributed by atoms with van der Waals surface area (Å²) in [5, 5.41) is 12.0. The fraction of sp³-hybridized carbons (Fsp3) is 0.214. The van der Waals surface area contributed by atoms with Crippen LogP contribution in [0.4, 0.5) is 5.13 Å². The summed E-state index contributed by atoms with van der Waals surface area (Å²) in [4.78, 5) is 14.0. The summed E-state index contributed by atoms with van der Waals surface area (Å²) in [6.45, 7) is 2.57. The van der Waals surface area contributed by atoms with Gasteiger partial charge in [-0.25, -0.2) is 0 Å². The lowest BCUT2D eigenvalue weighted by Gasteiger charge is -1.97. The third-order valence-electron chi connectivity index (χ3n) is 2.74. The monoisotopic (exact) mass is 351 g/mol. The highest BCUT2D eigenvalue weighted by Gasteiger charge is 2.11. The number of Topliss-reactive ketones (excluding diaryl/α,β-unsaturated/α-hetero) is 1. The number of nitrogens with zero attached hydrogens (tertiary/aromatic N) is 2. The zero-order chi connectivity index (χ0) is 15.4. The SMILES string of the molecule is Cc1ccc(C(=O)CSc2nnc(NCc3ccco3)s2)s1. The molecule has 0 bridgehead atoms. The number of furan rings is 1. The lowest BCUT2D eigenvalue weighted by atomic mass is 10.3. The standard InChI is InChI=1S/C14H13N3O2S3/c1-9-4-5-12(21-9)11(18)8-20-14-17-16-13(22-14)15-7-10-3-2-6-19-10/h2-6H,7-8H2,1H3,(H,15,16). The minimum atomic E-state index is 0.128. The topological polar surface area (TPSA) is 68.0 Å². The summed E-state index contributed by atoms with van der Waals surface area (Å²) in [6, 6.07) is 7.57. The molecule has 0 unspecified atom stereocenters. The Morgan fingerprint density at radius 3 is 2.95 bits per heavy atom. The van der Waals surface area contributed by atoms with Crippen LogP contribution >= 0.6 is 34.4 Å². The van der Waals surface area contributed by atoms with Crippen LogP contribution in [0.15, 0.2) is 39.3 Å². The third kappa shape index (κ3) is 3.96. The minimum absolute atomic E-state index is 0.128. The van der Waals surface area contributed by atoms with Gasteiger partial charge in [-0.15, -0.1) is 21.5 Å². The highest BCUT2D eigenvalue weighted by Crippen LogP contribution is 2.27. The van der Waals surface area contributed by atoms with Crippen molar-refractivity contribution in [3.63, 3.8) is 0 Å². The van der Waals surface area contributed by atoms with Gasteiger partial charge >= 0.3 is 0 Å². The van der Waals surface area contributed by atoms with Gasteiger partial charge in [0, 0.05) is 4.88 Å². The van der Waals surface area contributed by atoms with Gasteiger partial charge < -0.3 is 9.73 Å². The molecule has 5 nitrogen and oxygen atoms in total. The van der Waals surface area contributed by atoms with E-state index in [1.165, 1.54) is 34.4 Å². The van der Waals surface area contributed by atoms with Crippen molar-refractivity contribution in [2.75, 3.05) is 11.1 Å². The quantitative estimate of drug-likeness (QED) is 0.511. The Bertz CT molecular complexity index is 749. The van der Waals surface area contributed by atoms with Crippen molar-refractivity contribution in [3.8, 4) is 0 Å². The molecule has 0 spiro atoms. The molecule has 3 rings (SSSR count). The Labute approximate surface area is 139 Å². The molecular formula is C14H13N3O2S3. The van der Waals surface area contributed by atoms with Gasteiger partial charge in [0.1, 0.15) is 5.76 Å². The number of thioether (sulfide) groups is 1. The predicted octanol–water partition coefficient (Wildman–Crippen LogP) is 4.09. The van der Waals surface area contributed by atoms with Crippen molar-refractivity contribution in [1.82, 2.24) is 10.2 Å². The largest absolute Gasteiger partial charge is 0.467 e. The van der Waals surface area contributed by atoms with Crippen molar-refractivity contribution in [1.29, 1.82) is 0 Å². The minimum Gasteiger partial charge on any atom is -0.467 e. The number of carbonyl (C=O) groups is 1.